The van der Waals surface area contributed by atoms with Gasteiger partial charge in [-0.15, -0.1) is 0 Å². The highest BCUT2D eigenvalue weighted by Gasteiger charge is 2.19. The number of rotatable bonds is 6. The Balaban J connectivity index is 2.02. The molecule has 3 nitrogen and oxygen atoms in total. The minimum atomic E-state index is -0.362. The third kappa shape index (κ3) is 4.73. The van der Waals surface area contributed by atoms with Gasteiger partial charge in [-0.2, -0.15) is 0 Å². The number of benzene rings is 2. The fourth-order valence-corrected chi connectivity index (χ4v) is 3.28. The summed E-state index contributed by atoms with van der Waals surface area (Å²) in [4.78, 5) is 4.16. The first-order valence-electron chi connectivity index (χ1n) is 7.99. The zero-order valence-corrected chi connectivity index (χ0v) is 16.4. The van der Waals surface area contributed by atoms with Crippen LogP contribution in [0.1, 0.15) is 17.2 Å². The lowest BCUT2D eigenvalue weighted by Gasteiger charge is -2.21. The summed E-state index contributed by atoms with van der Waals surface area (Å²) < 4.78 is 12.7. The quantitative estimate of drug-likeness (QED) is 0.430. The molecule has 5 heteroatoms. The van der Waals surface area contributed by atoms with Crippen molar-refractivity contribution in [3.05, 3.63) is 99.4 Å². The van der Waals surface area contributed by atoms with Crippen LogP contribution in [0.15, 0.2) is 83.3 Å². The Kier molecular flexibility index (Phi) is 6.45. The molecule has 0 bridgehead atoms. The molecule has 0 N–H and O–H groups in total. The van der Waals surface area contributed by atoms with Gasteiger partial charge in [0.15, 0.2) is 0 Å². The van der Waals surface area contributed by atoms with E-state index < -0.39 is 0 Å². The number of pyridine rings is 1. The molecule has 0 amide bonds. The van der Waals surface area contributed by atoms with Gasteiger partial charge in [0.1, 0.15) is 17.6 Å². The van der Waals surface area contributed by atoms with E-state index in [-0.39, 0.29) is 6.10 Å². The first kappa shape index (κ1) is 18.6. The van der Waals surface area contributed by atoms with Crippen LogP contribution >= 0.6 is 27.5 Å². The van der Waals surface area contributed by atoms with Crippen molar-refractivity contribution in [1.29, 1.82) is 0 Å². The van der Waals surface area contributed by atoms with Gasteiger partial charge in [0, 0.05) is 24.5 Å². The molecule has 3 aromatic rings. The van der Waals surface area contributed by atoms with E-state index in [4.69, 9.17) is 21.1 Å². The molecule has 1 aromatic heterocycles. The highest BCUT2D eigenvalue weighted by molar-refractivity contribution is 9.10. The number of aromatic nitrogens is 1. The van der Waals surface area contributed by atoms with Crippen LogP contribution in [0.25, 0.3) is 6.08 Å². The number of methoxy groups -OCH3 is 1. The molecule has 26 heavy (non-hydrogen) atoms. The zero-order chi connectivity index (χ0) is 18.4. The SMILES string of the molecule is COC(/C(=C\c1cccnc1)Oc1ccc(Cl)cc1Br)c1ccccc1. The topological polar surface area (TPSA) is 31.4 Å². The maximum absolute atomic E-state index is 6.21. The van der Waals surface area contributed by atoms with E-state index >= 15 is 0 Å². The molecule has 1 heterocycles. The average molecular weight is 431 g/mol. The van der Waals surface area contributed by atoms with Gasteiger partial charge < -0.3 is 9.47 Å². The molecule has 1 atom stereocenters. The van der Waals surface area contributed by atoms with Gasteiger partial charge >= 0.3 is 0 Å². The van der Waals surface area contributed by atoms with Crippen molar-refractivity contribution in [3.8, 4) is 5.75 Å². The molecule has 0 saturated carbocycles. The standard InChI is InChI=1S/C21H17BrClNO2/c1-25-21(16-7-3-2-4-8-16)20(12-15-6-5-11-24-14-15)26-19-10-9-17(23)13-18(19)22/h2-14,21H,1H3/b20-12+. The molecule has 132 valence electrons. The lowest BCUT2D eigenvalue weighted by molar-refractivity contribution is 0.101. The van der Waals surface area contributed by atoms with E-state index in [1.807, 2.05) is 54.6 Å². The molecule has 0 aliphatic rings. The molecule has 0 spiro atoms. The van der Waals surface area contributed by atoms with Crippen LogP contribution in [0.4, 0.5) is 0 Å². The highest BCUT2D eigenvalue weighted by Crippen LogP contribution is 2.34. The van der Waals surface area contributed by atoms with Crippen molar-refractivity contribution in [2.24, 2.45) is 0 Å². The third-order valence-corrected chi connectivity index (χ3v) is 4.57. The van der Waals surface area contributed by atoms with Crippen LogP contribution in [-0.4, -0.2) is 12.1 Å². The number of ether oxygens (including phenoxy) is 2. The predicted molar refractivity (Wildman–Crippen MR) is 108 cm³/mol. The molecule has 0 radical (unpaired) electrons. The van der Waals surface area contributed by atoms with Crippen LogP contribution in [0, 0.1) is 0 Å². The van der Waals surface area contributed by atoms with Gasteiger partial charge in [0.25, 0.3) is 0 Å². The molecule has 0 fully saturated rings. The summed E-state index contributed by atoms with van der Waals surface area (Å²) in [5.41, 5.74) is 1.92. The van der Waals surface area contributed by atoms with Crippen LogP contribution in [0.2, 0.25) is 5.02 Å². The van der Waals surface area contributed by atoms with Crippen molar-refractivity contribution >= 4 is 33.6 Å². The second-order valence-corrected chi connectivity index (χ2v) is 6.83. The first-order valence-corrected chi connectivity index (χ1v) is 9.16. The Morgan fingerprint density at radius 1 is 1.12 bits per heavy atom. The highest BCUT2D eigenvalue weighted by atomic mass is 79.9. The number of hydrogen-bond acceptors (Lipinski definition) is 3. The summed E-state index contributed by atoms with van der Waals surface area (Å²) in [5, 5.41) is 0.633. The normalized spacial score (nSPS) is 12.7. The van der Waals surface area contributed by atoms with Gasteiger partial charge in [-0.1, -0.05) is 48.0 Å². The maximum atomic E-state index is 6.21. The smallest absolute Gasteiger partial charge is 0.141 e. The van der Waals surface area contributed by atoms with Gasteiger partial charge in [0.05, 0.1) is 4.47 Å². The molecule has 0 saturated heterocycles. The van der Waals surface area contributed by atoms with E-state index in [0.29, 0.717) is 16.5 Å². The van der Waals surface area contributed by atoms with Gasteiger partial charge in [-0.25, -0.2) is 0 Å². The fraction of sp³-hybridized carbons (Fsp3) is 0.0952. The molecule has 2 aromatic carbocycles. The molecule has 0 aliphatic heterocycles. The number of nitrogens with zero attached hydrogens (tertiary/aromatic N) is 1. The van der Waals surface area contributed by atoms with E-state index in [1.54, 1.807) is 31.6 Å². The Bertz CT molecular complexity index is 885. The van der Waals surface area contributed by atoms with Crippen LogP contribution < -0.4 is 4.74 Å². The lowest BCUT2D eigenvalue weighted by atomic mass is 10.1. The van der Waals surface area contributed by atoms with Crippen molar-refractivity contribution < 1.29 is 9.47 Å². The zero-order valence-electron chi connectivity index (χ0n) is 14.1. The predicted octanol–water partition coefficient (Wildman–Crippen LogP) is 6.31. The van der Waals surface area contributed by atoms with Crippen LogP contribution in [-0.2, 0) is 4.74 Å². The van der Waals surface area contributed by atoms with Crippen LogP contribution in [0.3, 0.4) is 0 Å². The molecule has 0 aliphatic carbocycles. The first-order chi connectivity index (χ1) is 12.7. The Morgan fingerprint density at radius 3 is 2.58 bits per heavy atom. The van der Waals surface area contributed by atoms with Crippen LogP contribution in [0.5, 0.6) is 5.75 Å². The second-order valence-electron chi connectivity index (χ2n) is 5.54. The third-order valence-electron chi connectivity index (χ3n) is 3.71. The second kappa shape index (κ2) is 8.99. The Labute approximate surface area is 166 Å². The Hall–Kier alpha value is -2.14. The van der Waals surface area contributed by atoms with E-state index in [1.165, 1.54) is 0 Å². The van der Waals surface area contributed by atoms with Crippen molar-refractivity contribution in [3.63, 3.8) is 0 Å². The summed E-state index contributed by atoms with van der Waals surface area (Å²) in [6.07, 6.45) is 5.07. The molecular weight excluding hydrogens is 414 g/mol. The summed E-state index contributed by atoms with van der Waals surface area (Å²) in [6.45, 7) is 0. The van der Waals surface area contributed by atoms with E-state index in [2.05, 4.69) is 20.9 Å². The minimum absolute atomic E-state index is 0.362. The Morgan fingerprint density at radius 2 is 1.92 bits per heavy atom. The summed E-state index contributed by atoms with van der Waals surface area (Å²) in [5.74, 6) is 1.30. The van der Waals surface area contributed by atoms with Gasteiger partial charge in [0.2, 0.25) is 0 Å². The number of hydrogen-bond donors (Lipinski definition) is 0. The van der Waals surface area contributed by atoms with Gasteiger partial charge in [-0.3, -0.25) is 4.98 Å². The minimum Gasteiger partial charge on any atom is -0.457 e. The monoisotopic (exact) mass is 429 g/mol. The van der Waals surface area contributed by atoms with Crippen molar-refractivity contribution in [2.75, 3.05) is 7.11 Å². The molecular formula is C21H17BrClNO2. The van der Waals surface area contributed by atoms with Crippen molar-refractivity contribution in [2.45, 2.75) is 6.10 Å². The van der Waals surface area contributed by atoms with Crippen molar-refractivity contribution in [1.82, 2.24) is 4.98 Å². The largest absolute Gasteiger partial charge is 0.457 e. The summed E-state index contributed by atoms with van der Waals surface area (Å²) in [6, 6.07) is 19.2. The summed E-state index contributed by atoms with van der Waals surface area (Å²) in [7, 11) is 1.66. The molecule has 1 unspecified atom stereocenters. The lowest BCUT2D eigenvalue weighted by Crippen LogP contribution is -2.11. The number of halogens is 2. The van der Waals surface area contributed by atoms with E-state index in [0.717, 1.165) is 15.6 Å². The maximum Gasteiger partial charge on any atom is 0.141 e. The molecule has 3 rings (SSSR count). The van der Waals surface area contributed by atoms with E-state index in [9.17, 15) is 0 Å². The summed E-state index contributed by atoms with van der Waals surface area (Å²) >= 11 is 9.53. The average Bonchev–Trinajstić information content (AvgIpc) is 2.66. The van der Waals surface area contributed by atoms with Gasteiger partial charge in [-0.05, 0) is 57.4 Å². The fourth-order valence-electron chi connectivity index (χ4n) is 2.51.